The van der Waals surface area contributed by atoms with E-state index in [0.717, 1.165) is 5.56 Å². The van der Waals surface area contributed by atoms with Crippen molar-refractivity contribution in [3.05, 3.63) is 36.4 Å². The van der Waals surface area contributed by atoms with Crippen LogP contribution in [-0.4, -0.2) is 65.8 Å². The highest BCUT2D eigenvalue weighted by Gasteiger charge is 2.55. The van der Waals surface area contributed by atoms with Gasteiger partial charge in [0, 0.05) is 30.6 Å². The second-order valence-corrected chi connectivity index (χ2v) is 9.91. The minimum Gasteiger partial charge on any atom is -0.309 e. The summed E-state index contributed by atoms with van der Waals surface area (Å²) in [6, 6.07) is 3.20. The smallest absolute Gasteiger partial charge is 0.231 e. The lowest BCUT2D eigenvalue weighted by molar-refractivity contribution is -0.117. The van der Waals surface area contributed by atoms with Crippen LogP contribution in [0.3, 0.4) is 0 Å². The molecule has 2 saturated carbocycles. The number of hydrogen-bond acceptors (Lipinski definition) is 7. The monoisotopic (exact) mass is 491 g/mol. The Labute approximate surface area is 198 Å². The third kappa shape index (κ3) is 3.55. The van der Waals surface area contributed by atoms with Gasteiger partial charge in [0.25, 0.3) is 0 Å². The van der Waals surface area contributed by atoms with E-state index in [0.29, 0.717) is 18.0 Å². The van der Waals surface area contributed by atoms with Crippen LogP contribution in [0.15, 0.2) is 30.9 Å². The average Bonchev–Trinajstić information content (AvgIpc) is 3.26. The van der Waals surface area contributed by atoms with E-state index >= 15 is 4.39 Å². The van der Waals surface area contributed by atoms with Crippen LogP contribution in [0, 0.1) is 17.8 Å². The molecule has 7 unspecified atom stereocenters. The van der Waals surface area contributed by atoms with Crippen LogP contribution in [-0.2, 0) is 4.79 Å². The molecule has 1 amide bonds. The highest BCUT2D eigenvalue weighted by molar-refractivity contribution is 6.21. The number of imidazole rings is 1. The first-order valence-electron chi connectivity index (χ1n) is 11.3. The maximum Gasteiger partial charge on any atom is 0.231 e. The maximum atomic E-state index is 15.8. The molecule has 3 N–H and O–H groups in total. The van der Waals surface area contributed by atoms with Crippen molar-refractivity contribution in [3.63, 3.8) is 0 Å². The molecule has 0 radical (unpaired) electrons. The predicted octanol–water partition coefficient (Wildman–Crippen LogP) is 1.63. The van der Waals surface area contributed by atoms with Crippen LogP contribution in [0.25, 0.3) is 5.65 Å². The van der Waals surface area contributed by atoms with Gasteiger partial charge in [-0.1, -0.05) is 6.07 Å². The van der Waals surface area contributed by atoms with Gasteiger partial charge in [-0.25, -0.2) is 13.8 Å². The lowest BCUT2D eigenvalue weighted by Gasteiger charge is -2.45. The van der Waals surface area contributed by atoms with Gasteiger partial charge in [-0.05, 0) is 36.1 Å². The van der Waals surface area contributed by atoms with Gasteiger partial charge in [-0.2, -0.15) is 4.80 Å². The Kier molecular flexibility index (Phi) is 5.26. The van der Waals surface area contributed by atoms with Crippen LogP contribution < -0.4 is 16.2 Å². The molecule has 0 bridgehead atoms. The fourth-order valence-corrected chi connectivity index (χ4v) is 6.04. The molecular weight excluding hydrogens is 468 g/mol. The molecule has 3 aliphatic rings. The minimum atomic E-state index is -1.32. The van der Waals surface area contributed by atoms with Crippen LogP contribution in [0.1, 0.15) is 30.9 Å². The van der Waals surface area contributed by atoms with E-state index in [1.54, 1.807) is 10.6 Å². The number of hydrogen-bond donors (Lipinski definition) is 3. The maximum absolute atomic E-state index is 15.8. The summed E-state index contributed by atoms with van der Waals surface area (Å²) in [5.41, 5.74) is 7.93. The van der Waals surface area contributed by atoms with Crippen LogP contribution in [0.4, 0.5) is 14.6 Å². The van der Waals surface area contributed by atoms with Gasteiger partial charge >= 0.3 is 0 Å². The third-order valence-electron chi connectivity index (χ3n) is 7.40. The Balaban J connectivity index is 1.28. The summed E-state index contributed by atoms with van der Waals surface area (Å²) in [4.78, 5) is 17.9. The van der Waals surface area contributed by atoms with Crippen LogP contribution in [0.5, 0.6) is 0 Å². The summed E-state index contributed by atoms with van der Waals surface area (Å²) in [6.45, 7) is 2.51. The Hall–Kier alpha value is -2.70. The molecule has 6 rings (SSSR count). The molecule has 180 valence electrons. The molecule has 0 aromatic carbocycles. The summed E-state index contributed by atoms with van der Waals surface area (Å²) >= 11 is 6.80. The summed E-state index contributed by atoms with van der Waals surface area (Å²) < 4.78 is 30.8. The number of anilines is 1. The number of carbonyl (C=O) groups excluding carboxylic acids is 1. The highest BCUT2D eigenvalue weighted by Crippen LogP contribution is 2.48. The highest BCUT2D eigenvalue weighted by atomic mass is 35.5. The molecular formula is C21H24ClF2N9O. The normalized spacial score (nSPS) is 35.8. The fraction of sp³-hybridized carbons (Fsp3) is 0.571. The summed E-state index contributed by atoms with van der Waals surface area (Å²) in [5.74, 6) is -1.29. The SMILES string of the molecule is CC(C1C(F)C(Cl)C(c2ccc3nc(NC(=O)[C@@H]4C[C@@H]4F)cn3c2)C2CNNC21)n1ncnn1. The first-order chi connectivity index (χ1) is 16.4. The summed E-state index contributed by atoms with van der Waals surface area (Å²) in [5, 5.41) is 13.7. The number of tetrazole rings is 1. The number of carbonyl (C=O) groups is 1. The zero-order valence-electron chi connectivity index (χ0n) is 18.2. The Morgan fingerprint density at radius 2 is 2.15 bits per heavy atom. The van der Waals surface area contributed by atoms with Crippen molar-refractivity contribution >= 4 is 29.0 Å². The average molecular weight is 492 g/mol. The first-order valence-corrected chi connectivity index (χ1v) is 11.8. The van der Waals surface area contributed by atoms with Gasteiger partial charge in [-0.15, -0.1) is 21.8 Å². The number of alkyl halides is 3. The standard InChI is InChI=1S/C21H24ClF2N9O/c1-9(33-27-8-26-31-33)16-19(24)18(22)17(12-5-25-30-20(12)16)10-2-3-15-28-14(7-32(15)6-10)29-21(34)11-4-13(11)23/h2-3,6-9,11-13,16-20,25,30H,4-5H2,1H3,(H,29,34)/t9?,11-,12?,13+,16?,17?,18?,19?,20?/m1/s1. The van der Waals surface area contributed by atoms with Gasteiger partial charge in [0.05, 0.1) is 23.5 Å². The molecule has 2 aliphatic carbocycles. The largest absolute Gasteiger partial charge is 0.309 e. The second-order valence-electron chi connectivity index (χ2n) is 9.41. The first kappa shape index (κ1) is 21.8. The molecule has 3 aromatic heterocycles. The van der Waals surface area contributed by atoms with Gasteiger partial charge in [0.15, 0.2) is 12.1 Å². The molecule has 0 spiro atoms. The van der Waals surface area contributed by atoms with E-state index in [1.807, 2.05) is 25.3 Å². The van der Waals surface area contributed by atoms with Crippen molar-refractivity contribution in [2.24, 2.45) is 17.8 Å². The number of nitrogens with zero attached hydrogens (tertiary/aromatic N) is 6. The number of pyridine rings is 1. The third-order valence-corrected chi connectivity index (χ3v) is 7.92. The predicted molar refractivity (Wildman–Crippen MR) is 119 cm³/mol. The molecule has 1 aliphatic heterocycles. The lowest BCUT2D eigenvalue weighted by Crippen LogP contribution is -2.55. The molecule has 10 nitrogen and oxygen atoms in total. The van der Waals surface area contributed by atoms with Gasteiger partial charge in [0.2, 0.25) is 5.91 Å². The Bertz CT molecular complexity index is 1210. The minimum absolute atomic E-state index is 0.0296. The van der Waals surface area contributed by atoms with Crippen molar-refractivity contribution in [1.82, 2.24) is 40.4 Å². The number of halogens is 3. The molecule has 3 aromatic rings. The van der Waals surface area contributed by atoms with Crippen molar-refractivity contribution < 1.29 is 13.6 Å². The number of amides is 1. The number of aromatic nitrogens is 6. The van der Waals surface area contributed by atoms with E-state index in [-0.39, 0.29) is 36.2 Å². The van der Waals surface area contributed by atoms with Gasteiger partial charge in [0.1, 0.15) is 18.0 Å². The van der Waals surface area contributed by atoms with Crippen molar-refractivity contribution in [3.8, 4) is 0 Å². The molecule has 9 atom stereocenters. The second kappa shape index (κ2) is 8.21. The van der Waals surface area contributed by atoms with E-state index < -0.39 is 29.6 Å². The van der Waals surface area contributed by atoms with E-state index in [4.69, 9.17) is 11.6 Å². The summed E-state index contributed by atoms with van der Waals surface area (Å²) in [6.07, 6.45) is 2.75. The fourth-order valence-electron chi connectivity index (χ4n) is 5.54. The Morgan fingerprint density at radius 3 is 2.88 bits per heavy atom. The number of fused-ring (bicyclic) bond motifs is 2. The van der Waals surface area contributed by atoms with Crippen molar-refractivity contribution in [1.29, 1.82) is 0 Å². The number of nitrogens with one attached hydrogen (secondary N) is 3. The summed E-state index contributed by atoms with van der Waals surface area (Å²) in [7, 11) is 0. The zero-order chi connectivity index (χ0) is 23.6. The van der Waals surface area contributed by atoms with Gasteiger partial charge in [-0.3, -0.25) is 15.6 Å². The van der Waals surface area contributed by atoms with Gasteiger partial charge < -0.3 is 9.72 Å². The van der Waals surface area contributed by atoms with E-state index in [1.165, 1.54) is 11.1 Å². The van der Waals surface area contributed by atoms with Crippen LogP contribution >= 0.6 is 11.6 Å². The number of hydrazine groups is 1. The molecule has 4 heterocycles. The van der Waals surface area contributed by atoms with Crippen molar-refractivity contribution in [2.75, 3.05) is 11.9 Å². The molecule has 34 heavy (non-hydrogen) atoms. The molecule has 3 fully saturated rings. The molecule has 13 heteroatoms. The Morgan fingerprint density at radius 1 is 1.32 bits per heavy atom. The van der Waals surface area contributed by atoms with E-state index in [9.17, 15) is 9.18 Å². The number of rotatable bonds is 5. The van der Waals surface area contributed by atoms with E-state index in [2.05, 4.69) is 36.6 Å². The molecule has 1 saturated heterocycles. The van der Waals surface area contributed by atoms with Crippen molar-refractivity contribution in [2.45, 2.75) is 49.1 Å². The zero-order valence-corrected chi connectivity index (χ0v) is 19.0. The quantitative estimate of drug-likeness (QED) is 0.465. The van der Waals surface area contributed by atoms with Crippen LogP contribution in [0.2, 0.25) is 0 Å². The lowest BCUT2D eigenvalue weighted by atomic mass is 9.66. The topological polar surface area (TPSA) is 114 Å².